The third kappa shape index (κ3) is 20.5. The number of hydrogen-bond donors (Lipinski definition) is 7. The van der Waals surface area contributed by atoms with Crippen molar-refractivity contribution in [3.8, 4) is 6.07 Å². The molecule has 0 spiro atoms. The summed E-state index contributed by atoms with van der Waals surface area (Å²) in [4.78, 5) is 100. The van der Waals surface area contributed by atoms with Crippen molar-refractivity contribution in [3.63, 3.8) is 0 Å². The lowest BCUT2D eigenvalue weighted by molar-refractivity contribution is 0.0972. The van der Waals surface area contributed by atoms with Crippen molar-refractivity contribution < 1.29 is 44.4 Å². The first-order chi connectivity index (χ1) is 57.6. The minimum absolute atomic E-state index is 0.190. The standard InChI is InChI=1S/C30H37N7O4S.C30H35N7O3S.C29H35ClN6O3S/c1-29(2,3)23-12-10-20-27(34-23)37-17-18(16-30(37,4)5)9-11-21(22-15-19(26(31)38)13-14-32-22)33-24-7-6-8-25(35-24)42(40,41)36-28(20)39;1-29(2,3)24-12-10-21-27(34-24)37-18-20(16-30(37,4)5)9-11-22(23-15-19(17-31)13-14-32-23)33-25-7-6-8-26(35-25)41(39,40)36-28(21)38;1-28(2,3)23-12-10-20-26(33-23)36-17-18(16-29(36,4)5)9-11-21(22-15-19(30)13-14-31-22)32-24-7-6-8-25(34-24)40(38,39)35-27(20)37/h6-8,10,12-15,18,21H,9,11,16-17H2,1-5H3,(H2,31,38)(H,33,35)(H,36,39);6-8,10,12-15,20,22H,9,11,16,18H2,1-5H3,(H,33,35)(H,36,38);6-8,10,12-15,18,21H,9,11,16-17H2,1-5H3,(H,32,34)(H,35,37)/t18-,21?;20-,22?;18-,21?/m000/s1. The van der Waals surface area contributed by atoms with E-state index >= 15 is 0 Å². The molecule has 4 amide bonds. The number of primary amides is 1. The number of nitrogens with one attached hydrogen (secondary N) is 6. The summed E-state index contributed by atoms with van der Waals surface area (Å²) in [6.07, 6.45) is 11.9. The van der Waals surface area contributed by atoms with Crippen molar-refractivity contribution in [2.75, 3.05) is 50.3 Å². The van der Waals surface area contributed by atoms with Gasteiger partial charge in [0.25, 0.3) is 47.8 Å². The van der Waals surface area contributed by atoms with Gasteiger partial charge in [0.15, 0.2) is 15.1 Å². The molecule has 0 aromatic carbocycles. The third-order valence-corrected chi connectivity index (χ3v) is 27.3. The number of aromatic nitrogens is 9. The van der Waals surface area contributed by atoms with Gasteiger partial charge in [0.2, 0.25) is 5.91 Å². The van der Waals surface area contributed by atoms with Crippen LogP contribution in [-0.4, -0.2) is 130 Å². The Balaban J connectivity index is 0.000000159. The van der Waals surface area contributed by atoms with Crippen molar-refractivity contribution in [2.45, 2.75) is 228 Å². The molecule has 30 nitrogen and oxygen atoms in total. The Morgan fingerprint density at radius 3 is 1.07 bits per heavy atom. The van der Waals surface area contributed by atoms with Crippen LogP contribution in [0.5, 0.6) is 0 Å². The van der Waals surface area contributed by atoms with Gasteiger partial charge in [0, 0.05) is 98.8 Å². The van der Waals surface area contributed by atoms with Gasteiger partial charge in [-0.15, -0.1) is 0 Å². The fraction of sp³-hybridized carbons (Fsp3) is 0.438. The number of carbonyl (C=O) groups excluding carboxylic acids is 4. The van der Waals surface area contributed by atoms with Gasteiger partial charge in [-0.25, -0.2) is 44.1 Å². The molecule has 0 saturated carbocycles. The quantitative estimate of drug-likeness (QED) is 0.0860. The number of sulfonamides is 3. The summed E-state index contributed by atoms with van der Waals surface area (Å²) >= 11 is 6.30. The first kappa shape index (κ1) is 89.4. The number of nitrogens with two attached hydrogens (primary N) is 1. The molecule has 0 aliphatic carbocycles. The van der Waals surface area contributed by atoms with E-state index in [1.165, 1.54) is 24.4 Å². The molecule has 0 radical (unpaired) electrons. The lowest BCUT2D eigenvalue weighted by atomic mass is 9.90. The lowest BCUT2D eigenvalue weighted by Crippen LogP contribution is -2.41. The van der Waals surface area contributed by atoms with Crippen molar-refractivity contribution >= 4 is 100 Å². The SMILES string of the molecule is CC(C)(C)c1ccc2c(n1)N1C[C@@H](CCC(c3cc(C#N)ccn3)Nc3cccc(n3)S(=O)(=O)NC2=O)CC1(C)C.CC(C)(C)c1ccc2c(n1)N1C[C@@H](CCC(c3cc(C(N)=O)ccn3)Nc3cccc(n3)S(=O)(=O)NC2=O)CC1(C)C.CC(C)(C)c1ccc2c(n1)N1C[C@@H](CCC(c3cc(Cl)ccn3)Nc3cccc(n3)S(=O)(=O)NC2=O)CC1(C)C. The highest BCUT2D eigenvalue weighted by Crippen LogP contribution is 2.46. The topological polar surface area (TPSA) is 418 Å². The lowest BCUT2D eigenvalue weighted by Gasteiger charge is -2.34. The van der Waals surface area contributed by atoms with Crippen molar-refractivity contribution in [3.05, 3.63) is 213 Å². The number of fused-ring (bicyclic) bond motifs is 18. The Morgan fingerprint density at radius 2 is 0.756 bits per heavy atom. The van der Waals surface area contributed by atoms with Crippen molar-refractivity contribution in [1.29, 1.82) is 5.26 Å². The zero-order chi connectivity index (χ0) is 88.9. The van der Waals surface area contributed by atoms with E-state index in [-0.39, 0.29) is 94.6 Å². The summed E-state index contributed by atoms with van der Waals surface area (Å²) in [6.45, 7) is 33.2. The molecular formula is C89H107ClN20O10S3. The molecule has 6 atom stereocenters. The number of carbonyl (C=O) groups is 4. The highest BCUT2D eigenvalue weighted by Gasteiger charge is 2.46. The monoisotopic (exact) mass is 1750 g/mol. The van der Waals surface area contributed by atoms with Gasteiger partial charge in [-0.3, -0.25) is 34.1 Å². The van der Waals surface area contributed by atoms with Gasteiger partial charge in [-0.1, -0.05) is 92.1 Å². The van der Waals surface area contributed by atoms with Gasteiger partial charge >= 0.3 is 0 Å². The normalized spacial score (nSPS) is 22.0. The highest BCUT2D eigenvalue weighted by molar-refractivity contribution is 7.90. The van der Waals surface area contributed by atoms with E-state index < -0.39 is 53.7 Å². The molecule has 9 aromatic rings. The maximum absolute atomic E-state index is 13.6. The third-order valence-electron chi connectivity index (χ3n) is 23.3. The number of hydrogen-bond acceptors (Lipinski definition) is 26. The summed E-state index contributed by atoms with van der Waals surface area (Å²) in [6, 6.07) is 35.5. The molecule has 3 saturated heterocycles. The van der Waals surface area contributed by atoms with Crippen LogP contribution in [0.25, 0.3) is 0 Å². The summed E-state index contributed by atoms with van der Waals surface area (Å²) in [5.74, 6) is 0.430. The predicted octanol–water partition coefficient (Wildman–Crippen LogP) is 14.1. The zero-order valence-corrected chi connectivity index (χ0v) is 75.1. The van der Waals surface area contributed by atoms with Crippen LogP contribution in [0.15, 0.2) is 161 Å². The molecule has 648 valence electrons. The summed E-state index contributed by atoms with van der Waals surface area (Å²) < 4.78 is 86.9. The van der Waals surface area contributed by atoms with Crippen LogP contribution in [0, 0.1) is 29.1 Å². The Labute approximate surface area is 724 Å². The Hall–Kier alpha value is -11.3. The number of anilines is 6. The van der Waals surface area contributed by atoms with Crippen LogP contribution in [0.1, 0.15) is 261 Å². The second-order valence-corrected chi connectivity index (χ2v) is 42.8. The average Bonchev–Trinajstić information content (AvgIpc) is 1.66. The number of nitriles is 1. The molecule has 12 bridgehead atoms. The van der Waals surface area contributed by atoms with E-state index in [4.69, 9.17) is 32.3 Å². The van der Waals surface area contributed by atoms with Crippen LogP contribution < -0.4 is 50.6 Å². The van der Waals surface area contributed by atoms with Crippen LogP contribution >= 0.6 is 11.6 Å². The predicted molar refractivity (Wildman–Crippen MR) is 472 cm³/mol. The molecule has 8 N–H and O–H groups in total. The van der Waals surface area contributed by atoms with Crippen LogP contribution in [0.2, 0.25) is 5.02 Å². The van der Waals surface area contributed by atoms with E-state index in [2.05, 4.69) is 164 Å². The number of nitrogens with zero attached hydrogens (tertiary/aromatic N) is 13. The highest BCUT2D eigenvalue weighted by atomic mass is 35.5. The number of rotatable bonds is 4. The molecule has 15 rings (SSSR count). The van der Waals surface area contributed by atoms with Gasteiger partial charge in [0.1, 0.15) is 34.9 Å². The van der Waals surface area contributed by atoms with Gasteiger partial charge in [0.05, 0.1) is 63.5 Å². The number of pyridine rings is 9. The van der Waals surface area contributed by atoms with E-state index in [0.29, 0.717) is 101 Å². The summed E-state index contributed by atoms with van der Waals surface area (Å²) in [5, 5.41) is 19.2. The van der Waals surface area contributed by atoms with Crippen LogP contribution in [0.4, 0.5) is 34.9 Å². The van der Waals surface area contributed by atoms with E-state index in [1.807, 2.05) is 26.8 Å². The molecule has 6 aliphatic rings. The average molecular weight is 1750 g/mol. The molecule has 123 heavy (non-hydrogen) atoms. The largest absolute Gasteiger partial charge is 0.366 e. The Morgan fingerprint density at radius 1 is 0.439 bits per heavy atom. The Bertz CT molecular complexity index is 5990. The van der Waals surface area contributed by atoms with Crippen molar-refractivity contribution in [2.24, 2.45) is 23.5 Å². The maximum atomic E-state index is 13.6. The van der Waals surface area contributed by atoms with Gasteiger partial charge < -0.3 is 36.4 Å². The minimum atomic E-state index is -4.33. The Kier molecular flexibility index (Phi) is 25.0. The first-order valence-electron chi connectivity index (χ1n) is 41.2. The zero-order valence-electron chi connectivity index (χ0n) is 71.9. The van der Waals surface area contributed by atoms with E-state index in [1.54, 1.807) is 116 Å². The number of amides is 4. The van der Waals surface area contributed by atoms with Gasteiger partial charge in [-0.05, 0) is 226 Å². The summed E-state index contributed by atoms with van der Waals surface area (Å²) in [5.41, 5.74) is 9.62. The smallest absolute Gasteiger partial charge is 0.281 e. The molecule has 9 aromatic heterocycles. The van der Waals surface area contributed by atoms with Crippen LogP contribution in [-0.2, 0) is 46.3 Å². The molecule has 15 heterocycles. The van der Waals surface area contributed by atoms with E-state index in [0.717, 1.165) is 67.7 Å². The second kappa shape index (κ2) is 34.4. The first-order valence-corrected chi connectivity index (χ1v) is 46.0. The fourth-order valence-electron chi connectivity index (χ4n) is 17.0. The summed E-state index contributed by atoms with van der Waals surface area (Å²) in [7, 11) is -12.9. The molecule has 3 unspecified atom stereocenters. The maximum Gasteiger partial charge on any atom is 0.281 e. The number of halogens is 1. The molecular weight excluding hydrogens is 1640 g/mol. The van der Waals surface area contributed by atoms with Crippen molar-refractivity contribution in [1.82, 2.24) is 59.0 Å². The van der Waals surface area contributed by atoms with Gasteiger partial charge in [-0.2, -0.15) is 30.5 Å². The van der Waals surface area contributed by atoms with Crippen LogP contribution in [0.3, 0.4) is 0 Å². The van der Waals surface area contributed by atoms with E-state index in [9.17, 15) is 49.7 Å². The molecule has 34 heteroatoms. The second-order valence-electron chi connectivity index (χ2n) is 37.5. The minimum Gasteiger partial charge on any atom is -0.366 e. The fourth-order valence-corrected chi connectivity index (χ4v) is 19.9. The molecule has 3 fully saturated rings. The molecule has 6 aliphatic heterocycles.